The first-order valence-corrected chi connectivity index (χ1v) is 8.60. The van der Waals surface area contributed by atoms with Gasteiger partial charge >= 0.3 is 0 Å². The van der Waals surface area contributed by atoms with Crippen molar-refractivity contribution >= 4 is 23.0 Å². The summed E-state index contributed by atoms with van der Waals surface area (Å²) in [7, 11) is 3.86. The van der Waals surface area contributed by atoms with Crippen LogP contribution in [0.25, 0.3) is 0 Å². The van der Waals surface area contributed by atoms with Gasteiger partial charge in [0.2, 0.25) is 0 Å². The van der Waals surface area contributed by atoms with E-state index in [1.54, 1.807) is 18.7 Å². The molecule has 0 spiro atoms. The first-order valence-electron chi connectivity index (χ1n) is 7.72. The number of thiophene rings is 1. The molecule has 5 nitrogen and oxygen atoms in total. The van der Waals surface area contributed by atoms with Gasteiger partial charge in [-0.15, -0.1) is 11.3 Å². The molecule has 23 heavy (non-hydrogen) atoms. The van der Waals surface area contributed by atoms with Gasteiger partial charge in [-0.1, -0.05) is 13.8 Å². The number of likely N-dealkylation sites (N-methyl/N-ethyl adjacent to an activating group) is 1. The van der Waals surface area contributed by atoms with Gasteiger partial charge in [-0.2, -0.15) is 0 Å². The van der Waals surface area contributed by atoms with Crippen LogP contribution in [0.4, 0.5) is 0 Å². The third-order valence-corrected chi connectivity index (χ3v) is 5.10. The monoisotopic (exact) mass is 336 g/mol. The average molecular weight is 336 g/mol. The van der Waals surface area contributed by atoms with Crippen LogP contribution in [0.15, 0.2) is 22.8 Å². The SMILES string of the molecule is Cc1ccsc1C1C(C(=O)C(C)C)=C(O)C(=O)N1CCN(C)C. The predicted molar refractivity (Wildman–Crippen MR) is 91.6 cm³/mol. The Hall–Kier alpha value is -1.66. The lowest BCUT2D eigenvalue weighted by Gasteiger charge is -2.28. The Morgan fingerprint density at radius 1 is 1.43 bits per heavy atom. The molecule has 1 aliphatic heterocycles. The van der Waals surface area contributed by atoms with Gasteiger partial charge in [-0.25, -0.2) is 0 Å². The number of rotatable bonds is 6. The summed E-state index contributed by atoms with van der Waals surface area (Å²) < 4.78 is 0. The molecule has 0 saturated carbocycles. The Labute approximate surface area is 141 Å². The number of hydrogen-bond acceptors (Lipinski definition) is 5. The van der Waals surface area contributed by atoms with Gasteiger partial charge in [-0.05, 0) is 38.0 Å². The number of aliphatic hydroxyl groups is 1. The maximum absolute atomic E-state index is 12.6. The number of Topliss-reactive ketones (excluding diaryl/α,β-unsaturated/α-hetero) is 1. The average Bonchev–Trinajstić information content (AvgIpc) is 2.99. The number of ketones is 1. The van der Waals surface area contributed by atoms with Crippen molar-refractivity contribution in [2.45, 2.75) is 26.8 Å². The van der Waals surface area contributed by atoms with Crippen LogP contribution in [0.3, 0.4) is 0 Å². The standard InChI is InChI=1S/C17H24N2O3S/c1-10(2)14(20)12-13(16-11(3)6-9-23-16)19(8-7-18(4)5)17(22)15(12)21/h6,9-10,13,21H,7-8H2,1-5H3. The van der Waals surface area contributed by atoms with Crippen molar-refractivity contribution in [3.05, 3.63) is 33.2 Å². The fourth-order valence-corrected chi connectivity index (χ4v) is 3.74. The lowest BCUT2D eigenvalue weighted by molar-refractivity contribution is -0.129. The second-order valence-corrected chi connectivity index (χ2v) is 7.40. The normalized spacial score (nSPS) is 18.7. The lowest BCUT2D eigenvalue weighted by Crippen LogP contribution is -2.36. The zero-order chi connectivity index (χ0) is 17.3. The molecule has 0 saturated heterocycles. The molecule has 0 aromatic carbocycles. The summed E-state index contributed by atoms with van der Waals surface area (Å²) in [5.74, 6) is -1.27. The molecule has 1 N–H and O–H groups in total. The van der Waals surface area contributed by atoms with Gasteiger partial charge in [0.05, 0.1) is 11.6 Å². The van der Waals surface area contributed by atoms with Crippen LogP contribution in [0.1, 0.15) is 30.3 Å². The first kappa shape index (κ1) is 17.7. The van der Waals surface area contributed by atoms with E-state index in [0.29, 0.717) is 13.1 Å². The third-order valence-electron chi connectivity index (χ3n) is 4.03. The summed E-state index contributed by atoms with van der Waals surface area (Å²) in [5.41, 5.74) is 1.28. The van der Waals surface area contributed by atoms with Gasteiger partial charge in [0.1, 0.15) is 0 Å². The summed E-state index contributed by atoms with van der Waals surface area (Å²) >= 11 is 1.52. The molecule has 0 aliphatic carbocycles. The molecule has 2 heterocycles. The number of hydrogen-bond donors (Lipinski definition) is 1. The van der Waals surface area contributed by atoms with Crippen LogP contribution >= 0.6 is 11.3 Å². The van der Waals surface area contributed by atoms with Crippen molar-refractivity contribution in [2.24, 2.45) is 5.92 Å². The molecule has 0 fully saturated rings. The van der Waals surface area contributed by atoms with E-state index in [0.717, 1.165) is 10.4 Å². The van der Waals surface area contributed by atoms with Crippen LogP contribution in [-0.4, -0.2) is 53.8 Å². The topological polar surface area (TPSA) is 60.9 Å². The van der Waals surface area contributed by atoms with E-state index in [-0.39, 0.29) is 23.0 Å². The quantitative estimate of drug-likeness (QED) is 0.867. The van der Waals surface area contributed by atoms with Crippen molar-refractivity contribution in [1.29, 1.82) is 0 Å². The predicted octanol–water partition coefficient (Wildman–Crippen LogP) is 2.54. The zero-order valence-electron chi connectivity index (χ0n) is 14.3. The second kappa shape index (κ2) is 6.84. The minimum absolute atomic E-state index is 0.166. The van der Waals surface area contributed by atoms with E-state index >= 15 is 0 Å². The molecule has 126 valence electrons. The molecule has 0 radical (unpaired) electrons. The Balaban J connectivity index is 2.48. The number of amides is 1. The fraction of sp³-hybridized carbons (Fsp3) is 0.529. The molecule has 1 atom stereocenters. The minimum atomic E-state index is -0.475. The Bertz CT molecular complexity index is 646. The molecule has 1 unspecified atom stereocenters. The summed E-state index contributed by atoms with van der Waals surface area (Å²) in [4.78, 5) is 29.7. The van der Waals surface area contributed by atoms with Crippen LogP contribution in [0.5, 0.6) is 0 Å². The van der Waals surface area contributed by atoms with Crippen molar-refractivity contribution in [3.63, 3.8) is 0 Å². The highest BCUT2D eigenvalue weighted by molar-refractivity contribution is 7.10. The Morgan fingerprint density at radius 2 is 2.09 bits per heavy atom. The highest BCUT2D eigenvalue weighted by atomic mass is 32.1. The number of carbonyl (C=O) groups is 2. The van der Waals surface area contributed by atoms with Crippen molar-refractivity contribution in [2.75, 3.05) is 27.2 Å². The van der Waals surface area contributed by atoms with E-state index < -0.39 is 11.9 Å². The molecule has 1 aromatic rings. The van der Waals surface area contributed by atoms with E-state index in [4.69, 9.17) is 0 Å². The smallest absolute Gasteiger partial charge is 0.290 e. The number of carbonyl (C=O) groups excluding carboxylic acids is 2. The van der Waals surface area contributed by atoms with Gasteiger partial charge in [-0.3, -0.25) is 9.59 Å². The van der Waals surface area contributed by atoms with Gasteiger partial charge < -0.3 is 14.9 Å². The Morgan fingerprint density at radius 3 is 2.57 bits per heavy atom. The van der Waals surface area contributed by atoms with Gasteiger partial charge in [0, 0.05) is 23.9 Å². The highest BCUT2D eigenvalue weighted by Gasteiger charge is 2.44. The van der Waals surface area contributed by atoms with Crippen molar-refractivity contribution in [1.82, 2.24) is 9.80 Å². The Kier molecular flexibility index (Phi) is 5.26. The minimum Gasteiger partial charge on any atom is -0.503 e. The van der Waals surface area contributed by atoms with E-state index in [9.17, 15) is 14.7 Å². The molecular formula is C17H24N2O3S. The van der Waals surface area contributed by atoms with Crippen molar-refractivity contribution < 1.29 is 14.7 Å². The first-order chi connectivity index (χ1) is 10.8. The maximum Gasteiger partial charge on any atom is 0.290 e. The number of nitrogens with zero attached hydrogens (tertiary/aromatic N) is 2. The highest BCUT2D eigenvalue weighted by Crippen LogP contribution is 2.41. The van der Waals surface area contributed by atoms with E-state index in [2.05, 4.69) is 0 Å². The summed E-state index contributed by atoms with van der Waals surface area (Å²) in [6, 6.07) is 1.50. The molecule has 1 aliphatic rings. The lowest BCUT2D eigenvalue weighted by atomic mass is 9.94. The molecule has 6 heteroatoms. The largest absolute Gasteiger partial charge is 0.503 e. The molecule has 1 aromatic heterocycles. The van der Waals surface area contributed by atoms with Gasteiger partial charge in [0.15, 0.2) is 11.5 Å². The van der Waals surface area contributed by atoms with Crippen LogP contribution < -0.4 is 0 Å². The van der Waals surface area contributed by atoms with Crippen LogP contribution in [-0.2, 0) is 9.59 Å². The molecule has 1 amide bonds. The second-order valence-electron chi connectivity index (χ2n) is 6.45. The van der Waals surface area contributed by atoms with E-state index in [1.807, 2.05) is 37.4 Å². The summed E-state index contributed by atoms with van der Waals surface area (Å²) in [5, 5.41) is 12.3. The van der Waals surface area contributed by atoms with Crippen LogP contribution in [0.2, 0.25) is 0 Å². The number of aliphatic hydroxyl groups excluding tert-OH is 1. The zero-order valence-corrected chi connectivity index (χ0v) is 15.1. The summed E-state index contributed by atoms with van der Waals surface area (Å²) in [6.45, 7) is 6.67. The molecule has 0 bridgehead atoms. The van der Waals surface area contributed by atoms with Crippen molar-refractivity contribution in [3.8, 4) is 0 Å². The van der Waals surface area contributed by atoms with Gasteiger partial charge in [0.25, 0.3) is 5.91 Å². The maximum atomic E-state index is 12.6. The molecular weight excluding hydrogens is 312 g/mol. The van der Waals surface area contributed by atoms with Crippen LogP contribution in [0, 0.1) is 12.8 Å². The fourth-order valence-electron chi connectivity index (χ4n) is 2.69. The number of aryl methyl sites for hydroxylation is 1. The summed E-state index contributed by atoms with van der Waals surface area (Å²) in [6.07, 6.45) is 0. The van der Waals surface area contributed by atoms with E-state index in [1.165, 1.54) is 11.3 Å². The molecule has 2 rings (SSSR count). The third kappa shape index (κ3) is 3.33.